The van der Waals surface area contributed by atoms with Crippen LogP contribution in [0.5, 0.6) is 0 Å². The second-order valence-corrected chi connectivity index (χ2v) is 7.46. The van der Waals surface area contributed by atoms with Crippen LogP contribution in [-0.4, -0.2) is 21.0 Å². The molecule has 5 N–H and O–H groups in total. The molecule has 0 aliphatic rings. The third-order valence-corrected chi connectivity index (χ3v) is 5.72. The Hall–Kier alpha value is -3.06. The zero-order chi connectivity index (χ0) is 19.0. The van der Waals surface area contributed by atoms with Gasteiger partial charge in [0.15, 0.2) is 0 Å². The van der Waals surface area contributed by atoms with Crippen LogP contribution >= 0.6 is 11.3 Å². The Kier molecular flexibility index (Phi) is 4.45. The van der Waals surface area contributed by atoms with Crippen molar-refractivity contribution in [2.75, 3.05) is 11.1 Å². The standard InChI is InChI=1S/C20H20N4O2S/c1-2-5-11-8-15(24-19-16(11)17(21)18(27-19)20(25)26)23-10-12-9-22-14-7-4-3-6-13(12)14/h3-4,6-9,22H,2,5,10,21H2,1H3,(H,23,24)(H,25,26). The summed E-state index contributed by atoms with van der Waals surface area (Å²) in [5, 5.41) is 14.7. The number of aromatic carboxylic acids is 1. The first-order chi connectivity index (χ1) is 13.1. The summed E-state index contributed by atoms with van der Waals surface area (Å²) in [6.45, 7) is 2.71. The number of anilines is 2. The van der Waals surface area contributed by atoms with E-state index in [2.05, 4.69) is 28.3 Å². The smallest absolute Gasteiger partial charge is 0.348 e. The summed E-state index contributed by atoms with van der Waals surface area (Å²) < 4.78 is 0. The van der Waals surface area contributed by atoms with E-state index in [1.165, 1.54) is 5.39 Å². The maximum Gasteiger partial charge on any atom is 0.348 e. The molecule has 4 aromatic rings. The van der Waals surface area contributed by atoms with Gasteiger partial charge in [0.1, 0.15) is 15.5 Å². The molecule has 7 heteroatoms. The Morgan fingerprint density at radius 1 is 1.33 bits per heavy atom. The van der Waals surface area contributed by atoms with Crippen molar-refractivity contribution < 1.29 is 9.90 Å². The zero-order valence-electron chi connectivity index (χ0n) is 14.9. The predicted octanol–water partition coefficient (Wildman–Crippen LogP) is 4.62. The molecule has 6 nitrogen and oxygen atoms in total. The molecule has 0 aliphatic carbocycles. The van der Waals surface area contributed by atoms with Crippen LogP contribution in [0.25, 0.3) is 21.1 Å². The fraction of sp³-hybridized carbons (Fsp3) is 0.200. The van der Waals surface area contributed by atoms with Gasteiger partial charge in [0.2, 0.25) is 0 Å². The van der Waals surface area contributed by atoms with Gasteiger partial charge in [0.05, 0.1) is 5.69 Å². The monoisotopic (exact) mass is 380 g/mol. The number of hydrogen-bond acceptors (Lipinski definition) is 5. The predicted molar refractivity (Wildman–Crippen MR) is 111 cm³/mol. The number of nitrogens with two attached hydrogens (primary N) is 1. The van der Waals surface area contributed by atoms with Gasteiger partial charge < -0.3 is 21.1 Å². The number of aryl methyl sites for hydroxylation is 1. The van der Waals surface area contributed by atoms with Gasteiger partial charge in [-0.15, -0.1) is 11.3 Å². The Labute approximate surface area is 160 Å². The van der Waals surface area contributed by atoms with E-state index in [-0.39, 0.29) is 4.88 Å². The van der Waals surface area contributed by atoms with Gasteiger partial charge in [-0.2, -0.15) is 0 Å². The normalized spacial score (nSPS) is 11.3. The van der Waals surface area contributed by atoms with Crippen molar-refractivity contribution in [3.63, 3.8) is 0 Å². The van der Waals surface area contributed by atoms with E-state index < -0.39 is 5.97 Å². The van der Waals surface area contributed by atoms with E-state index in [0.29, 0.717) is 17.1 Å². The van der Waals surface area contributed by atoms with Gasteiger partial charge in [0.25, 0.3) is 0 Å². The summed E-state index contributed by atoms with van der Waals surface area (Å²) in [6, 6.07) is 10.1. The molecule has 0 fully saturated rings. The second-order valence-electron chi connectivity index (χ2n) is 6.46. The maximum absolute atomic E-state index is 11.4. The van der Waals surface area contributed by atoms with Crippen LogP contribution in [0.3, 0.4) is 0 Å². The highest BCUT2D eigenvalue weighted by Gasteiger charge is 2.19. The van der Waals surface area contributed by atoms with E-state index in [9.17, 15) is 9.90 Å². The first-order valence-electron chi connectivity index (χ1n) is 8.82. The molecule has 0 spiro atoms. The summed E-state index contributed by atoms with van der Waals surface area (Å²) >= 11 is 1.13. The van der Waals surface area contributed by atoms with Crippen molar-refractivity contribution in [2.45, 2.75) is 26.3 Å². The van der Waals surface area contributed by atoms with Crippen LogP contribution in [0.4, 0.5) is 11.5 Å². The average Bonchev–Trinajstić information content (AvgIpc) is 3.21. The Morgan fingerprint density at radius 3 is 2.93 bits per heavy atom. The summed E-state index contributed by atoms with van der Waals surface area (Å²) in [7, 11) is 0. The lowest BCUT2D eigenvalue weighted by atomic mass is 10.1. The van der Waals surface area contributed by atoms with Gasteiger partial charge in [-0.1, -0.05) is 31.5 Å². The molecule has 0 saturated heterocycles. The molecule has 0 bridgehead atoms. The average molecular weight is 380 g/mol. The molecule has 1 aromatic carbocycles. The fourth-order valence-electron chi connectivity index (χ4n) is 3.38. The number of rotatable bonds is 6. The minimum absolute atomic E-state index is 0.156. The number of carboxylic acids is 1. The van der Waals surface area contributed by atoms with E-state index in [0.717, 1.165) is 52.0 Å². The third-order valence-electron chi connectivity index (χ3n) is 4.63. The number of carbonyl (C=O) groups is 1. The molecule has 0 aliphatic heterocycles. The lowest BCUT2D eigenvalue weighted by molar-refractivity contribution is 0.0703. The van der Waals surface area contributed by atoms with Crippen LogP contribution < -0.4 is 11.1 Å². The van der Waals surface area contributed by atoms with Crippen LogP contribution in [0.1, 0.15) is 34.1 Å². The summed E-state index contributed by atoms with van der Waals surface area (Å²) in [5.41, 5.74) is 9.71. The molecular formula is C20H20N4O2S. The van der Waals surface area contributed by atoms with E-state index in [1.807, 2.05) is 30.5 Å². The van der Waals surface area contributed by atoms with Crippen molar-refractivity contribution >= 4 is 49.9 Å². The summed E-state index contributed by atoms with van der Waals surface area (Å²) in [6.07, 6.45) is 3.76. The Morgan fingerprint density at radius 2 is 2.15 bits per heavy atom. The largest absolute Gasteiger partial charge is 0.477 e. The van der Waals surface area contributed by atoms with Gasteiger partial charge in [-0.3, -0.25) is 0 Å². The van der Waals surface area contributed by atoms with Gasteiger partial charge in [0, 0.05) is 29.0 Å². The number of nitrogens with one attached hydrogen (secondary N) is 2. The molecule has 0 saturated carbocycles. The summed E-state index contributed by atoms with van der Waals surface area (Å²) in [4.78, 5) is 20.1. The van der Waals surface area contributed by atoms with Crippen LogP contribution in [0.2, 0.25) is 0 Å². The van der Waals surface area contributed by atoms with Crippen molar-refractivity contribution in [1.29, 1.82) is 0 Å². The van der Waals surface area contributed by atoms with E-state index in [1.54, 1.807) is 0 Å². The number of thiophene rings is 1. The lowest BCUT2D eigenvalue weighted by Gasteiger charge is -2.09. The first-order valence-corrected chi connectivity index (χ1v) is 9.64. The SMILES string of the molecule is CCCc1cc(NCc2c[nH]c3ccccc23)nc2sc(C(=O)O)c(N)c12. The van der Waals surface area contributed by atoms with Gasteiger partial charge in [-0.05, 0) is 29.7 Å². The van der Waals surface area contributed by atoms with Crippen LogP contribution in [-0.2, 0) is 13.0 Å². The van der Waals surface area contributed by atoms with Gasteiger partial charge in [-0.25, -0.2) is 9.78 Å². The number of nitrogens with zero attached hydrogens (tertiary/aromatic N) is 1. The van der Waals surface area contributed by atoms with Crippen molar-refractivity contribution in [1.82, 2.24) is 9.97 Å². The molecule has 27 heavy (non-hydrogen) atoms. The molecule has 0 amide bonds. The number of carboxylic acid groups (broad SMARTS) is 1. The molecule has 3 aromatic heterocycles. The Bertz CT molecular complexity index is 1150. The number of aromatic nitrogens is 2. The molecule has 0 radical (unpaired) electrons. The number of H-pyrrole nitrogens is 1. The van der Waals surface area contributed by atoms with Crippen molar-refractivity contribution in [3.05, 3.63) is 52.5 Å². The number of nitrogen functional groups attached to an aromatic ring is 1. The van der Waals surface area contributed by atoms with Crippen molar-refractivity contribution in [2.24, 2.45) is 0 Å². The number of benzene rings is 1. The number of pyridine rings is 1. The van der Waals surface area contributed by atoms with Crippen LogP contribution in [0, 0.1) is 0 Å². The lowest BCUT2D eigenvalue weighted by Crippen LogP contribution is -2.02. The number of hydrogen-bond donors (Lipinski definition) is 4. The molecule has 0 unspecified atom stereocenters. The zero-order valence-corrected chi connectivity index (χ0v) is 15.7. The van der Waals surface area contributed by atoms with E-state index in [4.69, 9.17) is 5.73 Å². The number of fused-ring (bicyclic) bond motifs is 2. The molecule has 0 atom stereocenters. The van der Waals surface area contributed by atoms with Crippen molar-refractivity contribution in [3.8, 4) is 0 Å². The molecular weight excluding hydrogens is 360 g/mol. The molecule has 4 rings (SSSR count). The quantitative estimate of drug-likeness (QED) is 0.391. The first kappa shape index (κ1) is 17.4. The second kappa shape index (κ2) is 6.92. The highest BCUT2D eigenvalue weighted by atomic mass is 32.1. The van der Waals surface area contributed by atoms with Gasteiger partial charge >= 0.3 is 5.97 Å². The number of aromatic amines is 1. The highest BCUT2D eigenvalue weighted by Crippen LogP contribution is 2.36. The van der Waals surface area contributed by atoms with E-state index >= 15 is 0 Å². The topological polar surface area (TPSA) is 104 Å². The number of para-hydroxylation sites is 1. The third kappa shape index (κ3) is 3.10. The molecule has 3 heterocycles. The van der Waals surface area contributed by atoms with Crippen LogP contribution in [0.15, 0.2) is 36.5 Å². The summed E-state index contributed by atoms with van der Waals surface area (Å²) in [5.74, 6) is -0.277. The molecule has 138 valence electrons. The fourth-order valence-corrected chi connectivity index (χ4v) is 4.36. The highest BCUT2D eigenvalue weighted by molar-refractivity contribution is 7.21. The minimum atomic E-state index is -1.01. The Balaban J connectivity index is 1.70. The maximum atomic E-state index is 11.4. The minimum Gasteiger partial charge on any atom is -0.477 e.